The van der Waals surface area contributed by atoms with Crippen LogP contribution in [0.25, 0.3) is 0 Å². The van der Waals surface area contributed by atoms with Crippen LogP contribution in [0.1, 0.15) is 43.7 Å². The minimum atomic E-state index is 0.298. The van der Waals surface area contributed by atoms with E-state index in [1.54, 1.807) is 13.3 Å². The first-order valence-electron chi connectivity index (χ1n) is 5.92. The highest BCUT2D eigenvalue weighted by molar-refractivity contribution is 6.20. The van der Waals surface area contributed by atoms with Gasteiger partial charge in [-0.05, 0) is 19.3 Å². The van der Waals surface area contributed by atoms with Crippen LogP contribution in [0.4, 0.5) is 0 Å². The summed E-state index contributed by atoms with van der Waals surface area (Å²) in [5, 5.41) is 4.57. The van der Waals surface area contributed by atoms with Crippen LogP contribution in [-0.2, 0) is 7.05 Å². The van der Waals surface area contributed by atoms with Crippen molar-refractivity contribution in [3.8, 4) is 5.75 Å². The van der Waals surface area contributed by atoms with Gasteiger partial charge in [-0.2, -0.15) is 5.10 Å². The van der Waals surface area contributed by atoms with Crippen molar-refractivity contribution in [1.82, 2.24) is 9.78 Å². The fraction of sp³-hybridized carbons (Fsp3) is 0.750. The summed E-state index contributed by atoms with van der Waals surface area (Å²) in [5.74, 6) is 1.39. The Bertz CT molecular complexity index is 351. The first-order valence-corrected chi connectivity index (χ1v) is 6.36. The van der Waals surface area contributed by atoms with E-state index < -0.39 is 0 Å². The molecule has 0 radical (unpaired) electrons. The maximum absolute atomic E-state index is 6.31. The molecule has 3 nitrogen and oxygen atoms in total. The zero-order chi connectivity index (χ0) is 11.5. The van der Waals surface area contributed by atoms with Gasteiger partial charge in [0, 0.05) is 18.3 Å². The summed E-state index contributed by atoms with van der Waals surface area (Å²) in [6.45, 7) is 0. The highest BCUT2D eigenvalue weighted by Gasteiger charge is 2.25. The second-order valence-electron chi connectivity index (χ2n) is 4.54. The van der Waals surface area contributed by atoms with E-state index in [-0.39, 0.29) is 0 Å². The number of nitrogens with zero attached hydrogens (tertiary/aromatic N) is 2. The summed E-state index contributed by atoms with van der Waals surface area (Å²) in [6, 6.07) is 0. The SMILES string of the molecule is COc1cnn(C)c1C1CCCCC(Cl)C1. The zero-order valence-electron chi connectivity index (χ0n) is 9.95. The van der Waals surface area contributed by atoms with Gasteiger partial charge in [0.25, 0.3) is 0 Å². The van der Waals surface area contributed by atoms with Crippen LogP contribution in [0.3, 0.4) is 0 Å². The molecular formula is C12H19ClN2O. The standard InChI is InChI=1S/C12H19ClN2O/c1-15-12(11(16-2)8-14-15)9-5-3-4-6-10(13)7-9/h8-10H,3-7H2,1-2H3. The van der Waals surface area contributed by atoms with Crippen molar-refractivity contribution >= 4 is 11.6 Å². The van der Waals surface area contributed by atoms with E-state index in [0.717, 1.165) is 18.6 Å². The Kier molecular flexibility index (Phi) is 3.74. The smallest absolute Gasteiger partial charge is 0.160 e. The quantitative estimate of drug-likeness (QED) is 0.589. The first-order chi connectivity index (χ1) is 7.72. The molecule has 0 spiro atoms. The Labute approximate surface area is 102 Å². The Morgan fingerprint density at radius 2 is 2.19 bits per heavy atom. The van der Waals surface area contributed by atoms with Gasteiger partial charge < -0.3 is 4.74 Å². The largest absolute Gasteiger partial charge is 0.493 e. The molecule has 1 aromatic rings. The molecule has 1 saturated carbocycles. The summed E-state index contributed by atoms with van der Waals surface area (Å²) >= 11 is 6.31. The van der Waals surface area contributed by atoms with Crippen molar-refractivity contribution in [2.75, 3.05) is 7.11 Å². The lowest BCUT2D eigenvalue weighted by molar-refractivity contribution is 0.398. The fourth-order valence-corrected chi connectivity index (χ4v) is 2.97. The van der Waals surface area contributed by atoms with E-state index in [1.165, 1.54) is 25.0 Å². The van der Waals surface area contributed by atoms with E-state index in [4.69, 9.17) is 16.3 Å². The fourth-order valence-electron chi connectivity index (χ4n) is 2.60. The van der Waals surface area contributed by atoms with Gasteiger partial charge in [0.15, 0.2) is 5.75 Å². The van der Waals surface area contributed by atoms with Gasteiger partial charge in [-0.15, -0.1) is 11.6 Å². The maximum Gasteiger partial charge on any atom is 0.160 e. The van der Waals surface area contributed by atoms with Crippen LogP contribution in [0, 0.1) is 0 Å². The minimum absolute atomic E-state index is 0.298. The molecule has 0 bridgehead atoms. The Morgan fingerprint density at radius 3 is 2.94 bits per heavy atom. The number of aromatic nitrogens is 2. The molecular weight excluding hydrogens is 224 g/mol. The molecule has 2 unspecified atom stereocenters. The molecule has 0 saturated heterocycles. The molecule has 1 aliphatic rings. The number of alkyl halides is 1. The Morgan fingerprint density at radius 1 is 1.44 bits per heavy atom. The molecule has 0 aliphatic heterocycles. The van der Waals surface area contributed by atoms with Crippen molar-refractivity contribution in [1.29, 1.82) is 0 Å². The number of rotatable bonds is 2. The molecule has 0 N–H and O–H groups in total. The molecule has 2 rings (SSSR count). The highest BCUT2D eigenvalue weighted by atomic mass is 35.5. The van der Waals surface area contributed by atoms with Crippen LogP contribution >= 0.6 is 11.6 Å². The molecule has 2 atom stereocenters. The van der Waals surface area contributed by atoms with Gasteiger partial charge in [-0.3, -0.25) is 4.68 Å². The van der Waals surface area contributed by atoms with E-state index in [0.29, 0.717) is 11.3 Å². The van der Waals surface area contributed by atoms with Gasteiger partial charge in [0.05, 0.1) is 19.0 Å². The van der Waals surface area contributed by atoms with Crippen molar-refractivity contribution in [2.45, 2.75) is 43.4 Å². The molecule has 0 aromatic carbocycles. The molecule has 4 heteroatoms. The predicted molar refractivity (Wildman–Crippen MR) is 65.2 cm³/mol. The Balaban J connectivity index is 2.23. The molecule has 1 heterocycles. The summed E-state index contributed by atoms with van der Waals surface area (Å²) in [5.41, 5.74) is 1.20. The summed E-state index contributed by atoms with van der Waals surface area (Å²) in [6.07, 6.45) is 7.66. The number of ether oxygens (including phenoxy) is 1. The van der Waals surface area contributed by atoms with E-state index >= 15 is 0 Å². The molecule has 0 amide bonds. The normalized spacial score (nSPS) is 26.4. The number of hydrogen-bond acceptors (Lipinski definition) is 2. The molecule has 16 heavy (non-hydrogen) atoms. The van der Waals surface area contributed by atoms with Crippen LogP contribution < -0.4 is 4.74 Å². The lowest BCUT2D eigenvalue weighted by Crippen LogP contribution is -2.10. The third kappa shape index (κ3) is 2.34. The average molecular weight is 243 g/mol. The zero-order valence-corrected chi connectivity index (χ0v) is 10.7. The van der Waals surface area contributed by atoms with Crippen molar-refractivity contribution in [3.05, 3.63) is 11.9 Å². The molecule has 1 aliphatic carbocycles. The van der Waals surface area contributed by atoms with Gasteiger partial charge >= 0.3 is 0 Å². The summed E-state index contributed by atoms with van der Waals surface area (Å²) in [7, 11) is 3.68. The van der Waals surface area contributed by atoms with Crippen LogP contribution in [0.5, 0.6) is 5.75 Å². The highest BCUT2D eigenvalue weighted by Crippen LogP contribution is 2.37. The van der Waals surface area contributed by atoms with Gasteiger partial charge in [0.1, 0.15) is 0 Å². The second kappa shape index (κ2) is 5.09. The van der Waals surface area contributed by atoms with Crippen molar-refractivity contribution < 1.29 is 4.74 Å². The topological polar surface area (TPSA) is 27.1 Å². The van der Waals surface area contributed by atoms with E-state index in [9.17, 15) is 0 Å². The molecule has 1 fully saturated rings. The lowest BCUT2D eigenvalue weighted by atomic mass is 9.96. The van der Waals surface area contributed by atoms with Gasteiger partial charge in [0.2, 0.25) is 0 Å². The molecule has 1 aromatic heterocycles. The van der Waals surface area contributed by atoms with Gasteiger partial charge in [-0.25, -0.2) is 0 Å². The van der Waals surface area contributed by atoms with E-state index in [2.05, 4.69) is 5.10 Å². The number of aryl methyl sites for hydroxylation is 1. The molecule has 90 valence electrons. The summed E-state index contributed by atoms with van der Waals surface area (Å²) in [4.78, 5) is 0. The average Bonchev–Trinajstić information content (AvgIpc) is 2.50. The van der Waals surface area contributed by atoms with Crippen molar-refractivity contribution in [3.63, 3.8) is 0 Å². The van der Waals surface area contributed by atoms with Crippen LogP contribution in [0.2, 0.25) is 0 Å². The lowest BCUT2D eigenvalue weighted by Gasteiger charge is -2.17. The third-order valence-corrected chi connectivity index (χ3v) is 3.81. The number of halogens is 1. The monoisotopic (exact) mass is 242 g/mol. The van der Waals surface area contributed by atoms with E-state index in [1.807, 2.05) is 11.7 Å². The van der Waals surface area contributed by atoms with Crippen molar-refractivity contribution in [2.24, 2.45) is 7.05 Å². The van der Waals surface area contributed by atoms with Gasteiger partial charge in [-0.1, -0.05) is 12.8 Å². The first kappa shape index (κ1) is 11.8. The van der Waals surface area contributed by atoms with Crippen LogP contribution in [-0.4, -0.2) is 22.3 Å². The number of hydrogen-bond donors (Lipinski definition) is 0. The number of methoxy groups -OCH3 is 1. The maximum atomic E-state index is 6.31. The predicted octanol–water partition coefficient (Wildman–Crippen LogP) is 3.08. The summed E-state index contributed by atoms with van der Waals surface area (Å²) < 4.78 is 7.30. The minimum Gasteiger partial charge on any atom is -0.493 e. The third-order valence-electron chi connectivity index (χ3n) is 3.42. The van der Waals surface area contributed by atoms with Crippen LogP contribution in [0.15, 0.2) is 6.20 Å². The second-order valence-corrected chi connectivity index (χ2v) is 5.15. The Hall–Kier alpha value is -0.700.